The second kappa shape index (κ2) is 8.91. The molecule has 1 fully saturated rings. The molecule has 0 N–H and O–H groups in total. The summed E-state index contributed by atoms with van der Waals surface area (Å²) >= 11 is 0. The SMILES string of the molecule is COc1ccc(C2CC(=O)/C(=C/[Si](c3ccccc3)(c3ccccc3)C(C)(C)C)C2)cc1. The summed E-state index contributed by atoms with van der Waals surface area (Å²) in [7, 11) is -0.725. The van der Waals surface area contributed by atoms with E-state index < -0.39 is 8.07 Å². The summed E-state index contributed by atoms with van der Waals surface area (Å²) in [4.78, 5) is 13.3. The highest BCUT2D eigenvalue weighted by atomic mass is 28.3. The number of allylic oxidation sites excluding steroid dienone is 1. The number of methoxy groups -OCH3 is 1. The predicted molar refractivity (Wildman–Crippen MR) is 136 cm³/mol. The average molecular weight is 441 g/mol. The van der Waals surface area contributed by atoms with E-state index in [1.54, 1.807) is 7.11 Å². The van der Waals surface area contributed by atoms with Crippen LogP contribution in [0.5, 0.6) is 5.75 Å². The first-order chi connectivity index (χ1) is 15.3. The number of Topliss-reactive ketones (excluding diaryl/α,β-unsaturated/α-hetero) is 1. The number of ether oxygens (including phenoxy) is 1. The minimum atomic E-state index is -2.40. The van der Waals surface area contributed by atoms with Crippen molar-refractivity contribution in [3.63, 3.8) is 0 Å². The topological polar surface area (TPSA) is 26.3 Å². The van der Waals surface area contributed by atoms with Crippen LogP contribution < -0.4 is 15.1 Å². The molecule has 3 aromatic carbocycles. The summed E-state index contributed by atoms with van der Waals surface area (Å²) in [6, 6.07) is 29.8. The van der Waals surface area contributed by atoms with Gasteiger partial charge in [0, 0.05) is 6.42 Å². The molecular weight excluding hydrogens is 408 g/mol. The highest BCUT2D eigenvalue weighted by molar-refractivity contribution is 7.08. The maximum Gasteiger partial charge on any atom is 0.158 e. The van der Waals surface area contributed by atoms with Gasteiger partial charge in [-0.15, -0.1) is 0 Å². The first kappa shape index (κ1) is 22.3. The monoisotopic (exact) mass is 440 g/mol. The van der Waals surface area contributed by atoms with Gasteiger partial charge in [0.1, 0.15) is 13.8 Å². The van der Waals surface area contributed by atoms with E-state index in [0.717, 1.165) is 17.7 Å². The van der Waals surface area contributed by atoms with Gasteiger partial charge >= 0.3 is 0 Å². The second-order valence-corrected chi connectivity index (χ2v) is 14.3. The van der Waals surface area contributed by atoms with E-state index in [0.29, 0.717) is 12.2 Å². The molecule has 164 valence electrons. The number of hydrogen-bond acceptors (Lipinski definition) is 2. The minimum Gasteiger partial charge on any atom is -0.497 e. The molecule has 32 heavy (non-hydrogen) atoms. The molecule has 0 spiro atoms. The summed E-state index contributed by atoms with van der Waals surface area (Å²) in [6.45, 7) is 6.99. The van der Waals surface area contributed by atoms with E-state index in [1.165, 1.54) is 15.9 Å². The van der Waals surface area contributed by atoms with Crippen LogP contribution in [0.4, 0.5) is 0 Å². The van der Waals surface area contributed by atoms with Crippen molar-refractivity contribution in [2.24, 2.45) is 0 Å². The molecular formula is C29H32O2Si. The van der Waals surface area contributed by atoms with Gasteiger partial charge in [0.05, 0.1) is 7.11 Å². The predicted octanol–water partition coefficient (Wildman–Crippen LogP) is 5.67. The Kier molecular flexibility index (Phi) is 6.21. The number of carbonyl (C=O) groups is 1. The van der Waals surface area contributed by atoms with E-state index in [2.05, 4.69) is 99.3 Å². The van der Waals surface area contributed by atoms with Crippen molar-refractivity contribution >= 4 is 24.2 Å². The standard InChI is InChI=1S/C29H32O2Si/c1-29(2,3)32(26-11-7-5-8-12-26,27-13-9-6-10-14-27)21-24-19-23(20-28(24)30)22-15-17-25(31-4)18-16-22/h5-18,21,23H,19-20H2,1-4H3/b24-21+. The van der Waals surface area contributed by atoms with Crippen molar-refractivity contribution in [3.05, 3.63) is 102 Å². The molecule has 3 aromatic rings. The van der Waals surface area contributed by atoms with Crippen molar-refractivity contribution in [1.82, 2.24) is 0 Å². The fraction of sp³-hybridized carbons (Fsp3) is 0.276. The molecule has 1 saturated carbocycles. The van der Waals surface area contributed by atoms with Gasteiger partial charge in [0.2, 0.25) is 0 Å². The second-order valence-electron chi connectivity index (χ2n) is 9.76. The number of hydrogen-bond donors (Lipinski definition) is 0. The largest absolute Gasteiger partial charge is 0.497 e. The Bertz CT molecular complexity index is 1050. The minimum absolute atomic E-state index is 0.00118. The third kappa shape index (κ3) is 4.10. The molecule has 0 aliphatic heterocycles. The summed E-state index contributed by atoms with van der Waals surface area (Å²) in [5, 5.41) is 2.71. The summed E-state index contributed by atoms with van der Waals surface area (Å²) < 4.78 is 5.30. The number of rotatable bonds is 5. The third-order valence-corrected chi connectivity index (χ3v) is 12.5. The Morgan fingerprint density at radius 1 is 0.812 bits per heavy atom. The van der Waals surface area contributed by atoms with E-state index in [-0.39, 0.29) is 11.0 Å². The van der Waals surface area contributed by atoms with Crippen molar-refractivity contribution in [2.75, 3.05) is 7.11 Å². The number of benzene rings is 3. The molecule has 0 amide bonds. The molecule has 1 unspecified atom stereocenters. The molecule has 4 rings (SSSR count). The maximum atomic E-state index is 13.3. The fourth-order valence-electron chi connectivity index (χ4n) is 5.14. The van der Waals surface area contributed by atoms with Crippen LogP contribution in [0.3, 0.4) is 0 Å². The molecule has 0 radical (unpaired) electrons. The van der Waals surface area contributed by atoms with Crippen LogP contribution in [-0.2, 0) is 4.79 Å². The summed E-state index contributed by atoms with van der Waals surface area (Å²) in [5.74, 6) is 1.37. The van der Waals surface area contributed by atoms with Crippen LogP contribution in [0, 0.1) is 0 Å². The highest BCUT2D eigenvalue weighted by Crippen LogP contribution is 2.41. The molecule has 2 nitrogen and oxygen atoms in total. The van der Waals surface area contributed by atoms with Crippen LogP contribution in [0.15, 0.2) is 96.2 Å². The lowest BCUT2D eigenvalue weighted by molar-refractivity contribution is -0.114. The first-order valence-corrected chi connectivity index (χ1v) is 13.4. The van der Waals surface area contributed by atoms with Gasteiger partial charge in [0.15, 0.2) is 5.78 Å². The quantitative estimate of drug-likeness (QED) is 0.377. The van der Waals surface area contributed by atoms with Gasteiger partial charge in [-0.3, -0.25) is 4.79 Å². The molecule has 0 bridgehead atoms. The van der Waals surface area contributed by atoms with Gasteiger partial charge in [-0.1, -0.05) is 99.3 Å². The Labute approximate surface area is 193 Å². The van der Waals surface area contributed by atoms with Crippen molar-refractivity contribution in [2.45, 2.75) is 44.6 Å². The fourth-order valence-corrected chi connectivity index (χ4v) is 10.2. The van der Waals surface area contributed by atoms with Crippen LogP contribution in [0.25, 0.3) is 0 Å². The molecule has 0 aromatic heterocycles. The molecule has 1 aliphatic rings. The first-order valence-electron chi connectivity index (χ1n) is 11.3. The molecule has 3 heteroatoms. The smallest absolute Gasteiger partial charge is 0.158 e. The lowest BCUT2D eigenvalue weighted by atomic mass is 9.97. The summed E-state index contributed by atoms with van der Waals surface area (Å²) in [6.07, 6.45) is 1.38. The van der Waals surface area contributed by atoms with E-state index >= 15 is 0 Å². The van der Waals surface area contributed by atoms with Gasteiger partial charge in [-0.05, 0) is 51.0 Å². The summed E-state index contributed by atoms with van der Waals surface area (Å²) in [5.41, 5.74) is 4.63. The highest BCUT2D eigenvalue weighted by Gasteiger charge is 2.47. The van der Waals surface area contributed by atoms with E-state index in [9.17, 15) is 4.79 Å². The van der Waals surface area contributed by atoms with Crippen LogP contribution >= 0.6 is 0 Å². The molecule has 1 atom stereocenters. The number of ketones is 1. The van der Waals surface area contributed by atoms with Gasteiger partial charge in [-0.2, -0.15) is 0 Å². The van der Waals surface area contributed by atoms with Gasteiger partial charge < -0.3 is 4.74 Å². The maximum absolute atomic E-state index is 13.3. The Morgan fingerprint density at radius 3 is 1.81 bits per heavy atom. The molecule has 1 aliphatic carbocycles. The lowest BCUT2D eigenvalue weighted by Gasteiger charge is -2.42. The van der Waals surface area contributed by atoms with Gasteiger partial charge in [-0.25, -0.2) is 0 Å². The van der Waals surface area contributed by atoms with Gasteiger partial charge in [0.25, 0.3) is 0 Å². The van der Waals surface area contributed by atoms with Crippen molar-refractivity contribution in [1.29, 1.82) is 0 Å². The molecule has 0 heterocycles. The molecule has 0 saturated heterocycles. The third-order valence-electron chi connectivity index (χ3n) is 6.88. The van der Waals surface area contributed by atoms with E-state index in [1.807, 2.05) is 12.1 Å². The zero-order valence-corrected chi connectivity index (χ0v) is 20.5. The number of carbonyl (C=O) groups excluding carboxylic acids is 1. The van der Waals surface area contributed by atoms with Crippen LogP contribution in [0.1, 0.15) is 45.1 Å². The Balaban J connectivity index is 1.82. The van der Waals surface area contributed by atoms with Crippen LogP contribution in [0.2, 0.25) is 5.04 Å². The van der Waals surface area contributed by atoms with E-state index in [4.69, 9.17) is 4.74 Å². The Hall–Kier alpha value is -2.91. The Morgan fingerprint density at radius 2 is 1.34 bits per heavy atom. The van der Waals surface area contributed by atoms with Crippen LogP contribution in [-0.4, -0.2) is 21.0 Å². The average Bonchev–Trinajstić information content (AvgIpc) is 3.18. The zero-order valence-electron chi connectivity index (χ0n) is 19.5. The zero-order chi connectivity index (χ0) is 22.8. The normalized spacial score (nSPS) is 18.2. The van der Waals surface area contributed by atoms with Crippen molar-refractivity contribution < 1.29 is 9.53 Å². The lowest BCUT2D eigenvalue weighted by Crippen LogP contribution is -2.63. The van der Waals surface area contributed by atoms with Crippen molar-refractivity contribution in [3.8, 4) is 5.75 Å².